The molecule has 5 heteroatoms. The number of hydrogen-bond donors (Lipinski definition) is 0. The van der Waals surface area contributed by atoms with E-state index in [0.717, 1.165) is 22.9 Å². The molecule has 1 fully saturated rings. The Balaban J connectivity index is 2.44. The number of halogens is 1. The third kappa shape index (κ3) is 1.26. The fraction of sp³-hybridized carbons (Fsp3) is 0.400. The lowest BCUT2D eigenvalue weighted by atomic mass is 10.1. The first kappa shape index (κ1) is 9.15. The van der Waals surface area contributed by atoms with Crippen molar-refractivity contribution in [1.82, 2.24) is 9.55 Å². The molecule has 0 saturated heterocycles. The van der Waals surface area contributed by atoms with Gasteiger partial charge in [0, 0.05) is 23.3 Å². The zero-order valence-electron chi connectivity index (χ0n) is 8.16. The molecule has 2 aromatic heterocycles. The average Bonchev–Trinajstić information content (AvgIpc) is 2.97. The van der Waals surface area contributed by atoms with Gasteiger partial charge in [0.25, 0.3) is 0 Å². The summed E-state index contributed by atoms with van der Waals surface area (Å²) < 4.78 is 7.60. The van der Waals surface area contributed by atoms with E-state index >= 15 is 0 Å². The quantitative estimate of drug-likeness (QED) is 0.797. The number of pyridine rings is 1. The van der Waals surface area contributed by atoms with Crippen molar-refractivity contribution in [3.8, 4) is 0 Å². The van der Waals surface area contributed by atoms with Gasteiger partial charge in [-0.25, -0.2) is 9.78 Å². The van der Waals surface area contributed by atoms with Crippen LogP contribution in [0.1, 0.15) is 24.3 Å². The first-order valence-corrected chi connectivity index (χ1v) is 5.61. The predicted octanol–water partition coefficient (Wildman–Crippen LogP) is 2.17. The van der Waals surface area contributed by atoms with Gasteiger partial charge in [-0.1, -0.05) is 0 Å². The molecule has 0 aromatic carbocycles. The summed E-state index contributed by atoms with van der Waals surface area (Å²) in [6.45, 7) is 0. The molecule has 0 atom stereocenters. The van der Waals surface area contributed by atoms with Gasteiger partial charge in [-0.05, 0) is 34.7 Å². The van der Waals surface area contributed by atoms with Crippen LogP contribution in [0.15, 0.2) is 19.9 Å². The van der Waals surface area contributed by atoms with E-state index in [2.05, 4.69) is 20.9 Å². The second-order valence-electron chi connectivity index (χ2n) is 3.87. The number of nitrogens with zero attached hydrogens (tertiary/aromatic N) is 2. The van der Waals surface area contributed by atoms with Crippen molar-refractivity contribution in [2.45, 2.75) is 18.8 Å². The molecule has 3 rings (SSSR count). The Kier molecular flexibility index (Phi) is 1.80. The lowest BCUT2D eigenvalue weighted by Gasteiger charge is -2.01. The highest BCUT2D eigenvalue weighted by Crippen LogP contribution is 2.45. The van der Waals surface area contributed by atoms with Gasteiger partial charge in [-0.2, -0.15) is 0 Å². The number of aromatic nitrogens is 2. The second kappa shape index (κ2) is 2.95. The minimum atomic E-state index is -0.350. The van der Waals surface area contributed by atoms with Crippen LogP contribution in [0, 0.1) is 0 Å². The number of aryl methyl sites for hydroxylation is 1. The molecular weight excluding hydrogens is 260 g/mol. The smallest absolute Gasteiger partial charge is 0.406 e. The van der Waals surface area contributed by atoms with E-state index in [-0.39, 0.29) is 5.76 Å². The molecule has 0 N–H and O–H groups in total. The van der Waals surface area contributed by atoms with Crippen molar-refractivity contribution >= 4 is 27.2 Å². The highest BCUT2D eigenvalue weighted by Gasteiger charge is 2.30. The summed E-state index contributed by atoms with van der Waals surface area (Å²) in [7, 11) is 1.67. The zero-order valence-corrected chi connectivity index (χ0v) is 9.74. The van der Waals surface area contributed by atoms with Crippen LogP contribution in [0.25, 0.3) is 11.2 Å². The summed E-state index contributed by atoms with van der Waals surface area (Å²) >= 11 is 3.46. The molecule has 0 spiro atoms. The number of oxazole rings is 1. The van der Waals surface area contributed by atoms with Crippen molar-refractivity contribution in [2.75, 3.05) is 0 Å². The molecule has 2 heterocycles. The highest BCUT2D eigenvalue weighted by molar-refractivity contribution is 9.10. The van der Waals surface area contributed by atoms with Crippen LogP contribution in [0.2, 0.25) is 0 Å². The Morgan fingerprint density at radius 2 is 2.33 bits per heavy atom. The molecular formula is C10H9BrN2O2. The van der Waals surface area contributed by atoms with Gasteiger partial charge in [0.2, 0.25) is 0 Å². The molecule has 2 aromatic rings. The summed E-state index contributed by atoms with van der Waals surface area (Å²) in [6.07, 6.45) is 4.07. The molecule has 15 heavy (non-hydrogen) atoms. The van der Waals surface area contributed by atoms with Crippen LogP contribution >= 0.6 is 15.9 Å². The van der Waals surface area contributed by atoms with E-state index in [4.69, 9.17) is 4.42 Å². The summed E-state index contributed by atoms with van der Waals surface area (Å²) in [4.78, 5) is 15.6. The number of fused-ring (bicyclic) bond motifs is 1. The van der Waals surface area contributed by atoms with Gasteiger partial charge in [0.15, 0.2) is 11.2 Å². The Morgan fingerprint density at radius 3 is 3.00 bits per heavy atom. The molecule has 0 aliphatic heterocycles. The minimum Gasteiger partial charge on any atom is -0.406 e. The molecule has 0 radical (unpaired) electrons. The zero-order chi connectivity index (χ0) is 10.6. The van der Waals surface area contributed by atoms with Crippen LogP contribution < -0.4 is 5.76 Å². The van der Waals surface area contributed by atoms with E-state index in [1.807, 2.05) is 0 Å². The van der Waals surface area contributed by atoms with E-state index < -0.39 is 0 Å². The maximum absolute atomic E-state index is 11.4. The number of hydrogen-bond acceptors (Lipinski definition) is 3. The van der Waals surface area contributed by atoms with Gasteiger partial charge in [0.05, 0.1) is 0 Å². The van der Waals surface area contributed by atoms with Crippen molar-refractivity contribution in [1.29, 1.82) is 0 Å². The standard InChI is InChI=1S/C10H9BrN2O2/c1-13-9-8(15-10(13)14)7(5-2-3-5)6(11)4-12-9/h4-5H,2-3H2,1H3. The molecule has 0 bridgehead atoms. The van der Waals surface area contributed by atoms with Crippen LogP contribution in [0.4, 0.5) is 0 Å². The number of rotatable bonds is 1. The van der Waals surface area contributed by atoms with Crippen LogP contribution in [0.5, 0.6) is 0 Å². The fourth-order valence-corrected chi connectivity index (χ4v) is 2.42. The largest absolute Gasteiger partial charge is 0.420 e. The third-order valence-corrected chi connectivity index (χ3v) is 3.40. The Bertz CT molecular complexity index is 595. The van der Waals surface area contributed by atoms with Crippen LogP contribution in [-0.4, -0.2) is 9.55 Å². The van der Waals surface area contributed by atoms with Crippen molar-refractivity contribution in [3.05, 3.63) is 26.8 Å². The third-order valence-electron chi connectivity index (χ3n) is 2.77. The average molecular weight is 269 g/mol. The molecule has 4 nitrogen and oxygen atoms in total. The van der Waals surface area contributed by atoms with Gasteiger partial charge >= 0.3 is 5.76 Å². The second-order valence-corrected chi connectivity index (χ2v) is 4.73. The minimum absolute atomic E-state index is 0.350. The lowest BCUT2D eigenvalue weighted by Crippen LogP contribution is -2.08. The summed E-state index contributed by atoms with van der Waals surface area (Å²) in [5, 5.41) is 0. The normalized spacial score (nSPS) is 16.1. The van der Waals surface area contributed by atoms with Gasteiger partial charge in [-0.3, -0.25) is 4.57 Å². The Hall–Kier alpha value is -1.10. The van der Waals surface area contributed by atoms with Crippen LogP contribution in [-0.2, 0) is 7.05 Å². The van der Waals surface area contributed by atoms with E-state index in [1.54, 1.807) is 13.2 Å². The van der Waals surface area contributed by atoms with E-state index in [1.165, 1.54) is 4.57 Å². The Labute approximate surface area is 94.0 Å². The predicted molar refractivity (Wildman–Crippen MR) is 58.9 cm³/mol. The molecule has 1 aliphatic carbocycles. The first-order valence-electron chi connectivity index (χ1n) is 4.82. The SMILES string of the molecule is Cn1c(=O)oc2c(C3CC3)c(Br)cnc21. The summed E-state index contributed by atoms with van der Waals surface area (Å²) in [5.74, 6) is 0.174. The van der Waals surface area contributed by atoms with E-state index in [9.17, 15) is 4.79 Å². The monoisotopic (exact) mass is 268 g/mol. The van der Waals surface area contributed by atoms with Gasteiger partial charge < -0.3 is 4.42 Å². The first-order chi connectivity index (χ1) is 7.18. The van der Waals surface area contributed by atoms with Crippen molar-refractivity contribution in [3.63, 3.8) is 0 Å². The Morgan fingerprint density at radius 1 is 1.60 bits per heavy atom. The molecule has 0 amide bonds. The lowest BCUT2D eigenvalue weighted by molar-refractivity contribution is 0.525. The molecule has 0 unspecified atom stereocenters. The van der Waals surface area contributed by atoms with Crippen LogP contribution in [0.3, 0.4) is 0 Å². The van der Waals surface area contributed by atoms with Crippen molar-refractivity contribution in [2.24, 2.45) is 7.05 Å². The fourth-order valence-electron chi connectivity index (χ4n) is 1.81. The van der Waals surface area contributed by atoms with Gasteiger partial charge in [0.1, 0.15) is 0 Å². The molecule has 1 aliphatic rings. The highest BCUT2D eigenvalue weighted by atomic mass is 79.9. The van der Waals surface area contributed by atoms with Crippen molar-refractivity contribution < 1.29 is 4.42 Å². The molecule has 78 valence electrons. The van der Waals surface area contributed by atoms with Gasteiger partial charge in [-0.15, -0.1) is 0 Å². The molecule has 1 saturated carbocycles. The summed E-state index contributed by atoms with van der Waals surface area (Å²) in [5.41, 5.74) is 2.36. The van der Waals surface area contributed by atoms with E-state index in [0.29, 0.717) is 17.1 Å². The topological polar surface area (TPSA) is 48.0 Å². The maximum atomic E-state index is 11.4. The maximum Gasteiger partial charge on any atom is 0.420 e. The summed E-state index contributed by atoms with van der Waals surface area (Å²) in [6, 6.07) is 0.